The normalized spacial score (nSPS) is 28.8. The van der Waals surface area contributed by atoms with Crippen LogP contribution in [0.5, 0.6) is 0 Å². The molecule has 0 bridgehead atoms. The summed E-state index contributed by atoms with van der Waals surface area (Å²) in [6.45, 7) is 4.07. The number of hydrogen-bond donors (Lipinski definition) is 2. The summed E-state index contributed by atoms with van der Waals surface area (Å²) >= 11 is 0. The van der Waals surface area contributed by atoms with Crippen molar-refractivity contribution >= 4 is 7.44 Å². The van der Waals surface area contributed by atoms with Crippen molar-refractivity contribution in [1.29, 1.82) is 0 Å². The monoisotopic (exact) mass is 244 g/mol. The average Bonchev–Trinajstić information content (AvgIpc) is 2.63. The van der Waals surface area contributed by atoms with Crippen molar-refractivity contribution in [3.8, 4) is 0 Å². The molecule has 0 aromatic rings. The van der Waals surface area contributed by atoms with Gasteiger partial charge in [-0.25, -0.2) is 0 Å². The summed E-state index contributed by atoms with van der Waals surface area (Å²) in [5, 5.41) is 6.82. The molecule has 3 nitrogen and oxygen atoms in total. The van der Waals surface area contributed by atoms with E-state index in [0.29, 0.717) is 0 Å². The molecule has 2 aliphatic rings. The van der Waals surface area contributed by atoms with Gasteiger partial charge in [-0.3, -0.25) is 14.7 Å². The Morgan fingerprint density at radius 1 is 1.06 bits per heavy atom. The zero-order valence-corrected chi connectivity index (χ0v) is 11.3. The molecule has 16 heavy (non-hydrogen) atoms. The van der Waals surface area contributed by atoms with E-state index < -0.39 is 7.44 Å². The van der Waals surface area contributed by atoms with Gasteiger partial charge in [0.15, 0.2) is 0 Å². The molecule has 2 fully saturated rings. The van der Waals surface area contributed by atoms with E-state index in [0.717, 1.165) is 51.6 Å². The largest absolute Gasteiger partial charge is 0.289 e. The summed E-state index contributed by atoms with van der Waals surface area (Å²) in [5.41, 5.74) is 0. The van der Waals surface area contributed by atoms with E-state index in [1.165, 1.54) is 12.8 Å². The molecule has 1 saturated heterocycles. The van der Waals surface area contributed by atoms with E-state index in [9.17, 15) is 4.57 Å². The summed E-state index contributed by atoms with van der Waals surface area (Å²) < 4.78 is 13.1. The zero-order valence-electron chi connectivity index (χ0n) is 10.4. The summed E-state index contributed by atoms with van der Waals surface area (Å²) in [7, 11) is -2.35. The van der Waals surface area contributed by atoms with Crippen LogP contribution in [0.3, 0.4) is 0 Å². The summed E-state index contributed by atoms with van der Waals surface area (Å²) in [4.78, 5) is 0. The van der Waals surface area contributed by atoms with Gasteiger partial charge in [-0.1, -0.05) is 26.2 Å². The van der Waals surface area contributed by atoms with E-state index >= 15 is 0 Å². The van der Waals surface area contributed by atoms with Crippen LogP contribution in [0.25, 0.3) is 0 Å². The molecular weight excluding hydrogens is 219 g/mol. The molecule has 0 atom stereocenters. The second-order valence-corrected chi connectivity index (χ2v) is 8.11. The fraction of sp³-hybridized carbons (Fsp3) is 1.00. The zero-order chi connectivity index (χ0) is 11.5. The molecule has 1 saturated carbocycles. The van der Waals surface area contributed by atoms with Gasteiger partial charge in [0.05, 0.1) is 0 Å². The van der Waals surface area contributed by atoms with Gasteiger partial charge < -0.3 is 0 Å². The highest BCUT2D eigenvalue weighted by Gasteiger charge is 2.48. The van der Waals surface area contributed by atoms with Crippen molar-refractivity contribution in [2.75, 3.05) is 13.1 Å². The Bertz CT molecular complexity index is 262. The first kappa shape index (κ1) is 12.6. The van der Waals surface area contributed by atoms with Gasteiger partial charge in [0.2, 0.25) is 7.44 Å². The lowest BCUT2D eigenvalue weighted by molar-refractivity contribution is 0.462. The summed E-state index contributed by atoms with van der Waals surface area (Å²) in [6.07, 6.45) is 9.38. The van der Waals surface area contributed by atoms with Crippen LogP contribution in [-0.4, -0.2) is 18.2 Å². The smallest absolute Gasteiger partial charge is 0.217 e. The lowest BCUT2D eigenvalue weighted by Gasteiger charge is -2.37. The fourth-order valence-corrected chi connectivity index (χ4v) is 6.55. The Balaban J connectivity index is 2.19. The van der Waals surface area contributed by atoms with E-state index in [1.54, 1.807) is 0 Å². The molecule has 1 heterocycles. The second kappa shape index (κ2) is 5.20. The Morgan fingerprint density at radius 2 is 1.62 bits per heavy atom. The first-order valence-electron chi connectivity index (χ1n) is 6.83. The molecule has 2 rings (SSSR count). The highest BCUT2D eigenvalue weighted by molar-refractivity contribution is 7.61. The number of hydrogen-bond acceptors (Lipinski definition) is 1. The number of rotatable bonds is 3. The minimum atomic E-state index is -2.35. The van der Waals surface area contributed by atoms with Crippen LogP contribution in [0.1, 0.15) is 58.3 Å². The predicted molar refractivity (Wildman–Crippen MR) is 69.0 cm³/mol. The minimum Gasteiger partial charge on any atom is -0.289 e. The molecule has 1 aliphatic carbocycles. The standard InChI is InChI=1S/C12H25N2OP/c1-2-7-12(8-3-4-9-12)16(15)13-10-5-6-11-14-16/h2-11H2,1H3,(H2,13,14,15). The third kappa shape index (κ3) is 2.23. The molecule has 2 N–H and O–H groups in total. The first-order valence-corrected chi connectivity index (χ1v) is 8.54. The van der Waals surface area contributed by atoms with Crippen LogP contribution < -0.4 is 10.2 Å². The van der Waals surface area contributed by atoms with Crippen LogP contribution >= 0.6 is 7.44 Å². The first-order chi connectivity index (χ1) is 7.72. The van der Waals surface area contributed by atoms with Crippen molar-refractivity contribution in [3.05, 3.63) is 0 Å². The summed E-state index contributed by atoms with van der Waals surface area (Å²) in [5.74, 6) is 0. The average molecular weight is 244 g/mol. The van der Waals surface area contributed by atoms with Gasteiger partial charge >= 0.3 is 0 Å². The Morgan fingerprint density at radius 3 is 2.12 bits per heavy atom. The lowest BCUT2D eigenvalue weighted by Crippen LogP contribution is -2.38. The van der Waals surface area contributed by atoms with Gasteiger partial charge in [-0.2, -0.15) is 0 Å². The maximum absolute atomic E-state index is 13.1. The molecule has 0 amide bonds. The molecule has 1 aliphatic heterocycles. The van der Waals surface area contributed by atoms with Gasteiger partial charge in [0.1, 0.15) is 0 Å². The molecular formula is C12H25N2OP. The van der Waals surface area contributed by atoms with Gasteiger partial charge in [0.25, 0.3) is 0 Å². The Labute approximate surface area is 99.2 Å². The SMILES string of the molecule is CCCC1(P2(=O)NCCCCN2)CCCC1. The van der Waals surface area contributed by atoms with Crippen molar-refractivity contribution in [2.24, 2.45) is 0 Å². The van der Waals surface area contributed by atoms with Crippen LogP contribution in [-0.2, 0) is 4.57 Å². The summed E-state index contributed by atoms with van der Waals surface area (Å²) in [6, 6.07) is 0. The quantitative estimate of drug-likeness (QED) is 0.749. The van der Waals surface area contributed by atoms with Gasteiger partial charge in [-0.05, 0) is 32.1 Å². The molecule has 0 aromatic heterocycles. The third-order valence-electron chi connectivity index (χ3n) is 4.19. The fourth-order valence-electron chi connectivity index (χ4n) is 3.34. The van der Waals surface area contributed by atoms with Crippen LogP contribution in [0.15, 0.2) is 0 Å². The maximum Gasteiger partial charge on any atom is 0.217 e. The second-order valence-electron chi connectivity index (χ2n) is 5.31. The molecule has 0 spiro atoms. The molecule has 4 heteroatoms. The molecule has 94 valence electrons. The Hall–Kier alpha value is 0.150. The van der Waals surface area contributed by atoms with Crippen LogP contribution in [0.2, 0.25) is 0 Å². The highest BCUT2D eigenvalue weighted by atomic mass is 31.2. The van der Waals surface area contributed by atoms with E-state index in [4.69, 9.17) is 0 Å². The highest BCUT2D eigenvalue weighted by Crippen LogP contribution is 2.61. The van der Waals surface area contributed by atoms with Gasteiger partial charge in [-0.15, -0.1) is 0 Å². The van der Waals surface area contributed by atoms with E-state index in [2.05, 4.69) is 17.1 Å². The van der Waals surface area contributed by atoms with Crippen molar-refractivity contribution < 1.29 is 4.57 Å². The van der Waals surface area contributed by atoms with E-state index in [1.807, 2.05) is 0 Å². The van der Waals surface area contributed by atoms with E-state index in [-0.39, 0.29) is 5.16 Å². The molecule has 0 aromatic carbocycles. The van der Waals surface area contributed by atoms with Crippen LogP contribution in [0.4, 0.5) is 0 Å². The van der Waals surface area contributed by atoms with Crippen LogP contribution in [0, 0.1) is 0 Å². The third-order valence-corrected chi connectivity index (χ3v) is 7.53. The topological polar surface area (TPSA) is 41.1 Å². The number of nitrogens with one attached hydrogen (secondary N) is 2. The minimum absolute atomic E-state index is 0.0755. The molecule has 0 unspecified atom stereocenters. The lowest BCUT2D eigenvalue weighted by atomic mass is 10.0. The van der Waals surface area contributed by atoms with Crippen molar-refractivity contribution in [1.82, 2.24) is 10.2 Å². The Kier molecular flexibility index (Phi) is 4.10. The molecule has 0 radical (unpaired) electrons. The van der Waals surface area contributed by atoms with Crippen molar-refractivity contribution in [3.63, 3.8) is 0 Å². The maximum atomic E-state index is 13.1. The predicted octanol–water partition coefficient (Wildman–Crippen LogP) is 3.27. The van der Waals surface area contributed by atoms with Gasteiger partial charge in [0, 0.05) is 18.2 Å². The van der Waals surface area contributed by atoms with Crippen molar-refractivity contribution in [2.45, 2.75) is 63.4 Å².